The number of Topliss-reactive ketones (excluding diaryl/α,β-unsaturated/α-hetero) is 2. The number of rotatable bonds is 1. The van der Waals surface area contributed by atoms with Crippen LogP contribution in [0.3, 0.4) is 0 Å². The van der Waals surface area contributed by atoms with E-state index in [-0.39, 0.29) is 40.9 Å². The number of ketones is 2. The van der Waals surface area contributed by atoms with Gasteiger partial charge in [0.15, 0.2) is 0 Å². The molecule has 9 rings (SSSR count). The van der Waals surface area contributed by atoms with Crippen LogP contribution in [0.4, 0.5) is 0 Å². The monoisotopic (exact) mass is 361 g/mol. The first kappa shape index (κ1) is 13.5. The lowest BCUT2D eigenvalue weighted by atomic mass is 9.63. The normalized spacial score (nSPS) is 48.4. The van der Waals surface area contributed by atoms with E-state index in [1.54, 1.807) is 33.6 Å². The molecule has 7 heteroatoms. The second kappa shape index (κ2) is 3.41. The maximum absolute atomic E-state index is 13.3. The smallest absolute Gasteiger partial charge is 0.299 e. The molecule has 5 saturated carbocycles. The largest absolute Gasteiger partial charge is 0.352 e. The molecule has 27 heavy (non-hydrogen) atoms. The Kier molecular flexibility index (Phi) is 1.70. The first-order chi connectivity index (χ1) is 13.1. The van der Waals surface area contributed by atoms with Crippen LogP contribution >= 0.6 is 0 Å². The van der Waals surface area contributed by atoms with Crippen molar-refractivity contribution in [1.82, 2.24) is 13.9 Å². The minimum atomic E-state index is -0.684. The summed E-state index contributed by atoms with van der Waals surface area (Å²) in [4.78, 5) is 52.8. The van der Waals surface area contributed by atoms with Crippen LogP contribution in [0, 0.1) is 34.5 Å². The summed E-state index contributed by atoms with van der Waals surface area (Å²) >= 11 is 0. The second-order valence-corrected chi connectivity index (χ2v) is 9.11. The van der Waals surface area contributed by atoms with Crippen LogP contribution in [0.5, 0.6) is 0 Å². The highest BCUT2D eigenvalue weighted by molar-refractivity contribution is 6.10. The van der Waals surface area contributed by atoms with Crippen LogP contribution in [-0.4, -0.2) is 25.5 Å². The highest BCUT2D eigenvalue weighted by Crippen LogP contribution is 3.03. The Morgan fingerprint density at radius 3 is 1.78 bits per heavy atom. The lowest BCUT2D eigenvalue weighted by Crippen LogP contribution is -2.58. The van der Waals surface area contributed by atoms with Crippen molar-refractivity contribution in [3.05, 3.63) is 51.3 Å². The van der Waals surface area contributed by atoms with Crippen molar-refractivity contribution < 1.29 is 9.59 Å². The molecule has 8 atom stereocenters. The van der Waals surface area contributed by atoms with Gasteiger partial charge >= 0.3 is 11.4 Å². The molecule has 134 valence electrons. The van der Waals surface area contributed by atoms with Crippen molar-refractivity contribution in [2.24, 2.45) is 34.5 Å². The summed E-state index contributed by atoms with van der Waals surface area (Å²) in [5.74, 6) is 1.33. The summed E-state index contributed by atoms with van der Waals surface area (Å²) < 4.78 is 4.35. The van der Waals surface area contributed by atoms with Gasteiger partial charge < -0.3 is 0 Å². The Bertz CT molecular complexity index is 1190. The second-order valence-electron chi connectivity index (χ2n) is 9.11. The average Bonchev–Trinajstić information content (AvgIpc) is 3.45. The highest BCUT2D eigenvalue weighted by atomic mass is 16.2. The van der Waals surface area contributed by atoms with E-state index in [4.69, 9.17) is 0 Å². The number of para-hydroxylation sites is 1. The highest BCUT2D eigenvalue weighted by Gasteiger charge is 3.07. The summed E-state index contributed by atoms with van der Waals surface area (Å²) in [6.45, 7) is 0. The average molecular weight is 361 g/mol. The molecule has 2 spiro atoms. The van der Waals surface area contributed by atoms with E-state index in [1.807, 2.05) is 6.07 Å². The van der Waals surface area contributed by atoms with Gasteiger partial charge in [-0.15, -0.1) is 0 Å². The zero-order chi connectivity index (χ0) is 18.0. The fourth-order valence-electron chi connectivity index (χ4n) is 8.56. The van der Waals surface area contributed by atoms with Crippen LogP contribution in [-0.2, 0) is 9.59 Å². The molecule has 5 aliphatic carbocycles. The third-order valence-corrected chi connectivity index (χ3v) is 8.87. The third kappa shape index (κ3) is 0.918. The number of carbonyl (C=O) groups excluding carboxylic acids is 2. The predicted molar refractivity (Wildman–Crippen MR) is 90.4 cm³/mol. The summed E-state index contributed by atoms with van der Waals surface area (Å²) in [5, 5.41) is 0. The number of benzene rings is 1. The molecular weight excluding hydrogens is 346 g/mol. The van der Waals surface area contributed by atoms with Crippen LogP contribution in [0.2, 0.25) is 0 Å². The van der Waals surface area contributed by atoms with E-state index in [0.717, 1.165) is 0 Å². The molecule has 1 aromatic carbocycles. The van der Waals surface area contributed by atoms with E-state index < -0.39 is 10.8 Å². The predicted octanol–water partition coefficient (Wildman–Crippen LogP) is 0.320. The van der Waals surface area contributed by atoms with Gasteiger partial charge in [-0.3, -0.25) is 9.59 Å². The van der Waals surface area contributed by atoms with Gasteiger partial charge in [0.05, 0.1) is 28.6 Å². The molecule has 0 N–H and O–H groups in total. The molecule has 0 saturated heterocycles. The lowest BCUT2D eigenvalue weighted by molar-refractivity contribution is -0.149. The Morgan fingerprint density at radius 1 is 0.741 bits per heavy atom. The van der Waals surface area contributed by atoms with Crippen molar-refractivity contribution in [2.45, 2.75) is 24.9 Å². The number of hydrogen-bond acceptors (Lipinski definition) is 4. The fourth-order valence-corrected chi connectivity index (χ4v) is 8.56. The molecule has 2 bridgehead atoms. The van der Waals surface area contributed by atoms with E-state index >= 15 is 0 Å². The SMILES string of the molecule is O=C1CCC(=O)[C@@]23C4C5[C@@H]6[C@H]5[C@H]2n2c(=O)n(-c5ccccc5)c(=O)n2[C@H]6[C@]143. The Labute approximate surface area is 152 Å². The molecule has 3 heterocycles. The molecule has 7 aliphatic rings. The van der Waals surface area contributed by atoms with Gasteiger partial charge in [0, 0.05) is 12.8 Å². The van der Waals surface area contributed by atoms with Gasteiger partial charge in [0.25, 0.3) is 0 Å². The van der Waals surface area contributed by atoms with Crippen molar-refractivity contribution >= 4 is 11.6 Å². The van der Waals surface area contributed by atoms with Crippen LogP contribution in [0.25, 0.3) is 5.69 Å². The van der Waals surface area contributed by atoms with Crippen molar-refractivity contribution in [3.8, 4) is 5.69 Å². The van der Waals surface area contributed by atoms with Gasteiger partial charge in [0.1, 0.15) is 11.6 Å². The molecule has 7 nitrogen and oxygen atoms in total. The van der Waals surface area contributed by atoms with Gasteiger partial charge in [-0.05, 0) is 35.8 Å². The zero-order valence-corrected chi connectivity index (χ0v) is 14.2. The van der Waals surface area contributed by atoms with Gasteiger partial charge in [-0.2, -0.15) is 0 Å². The number of aromatic nitrogens is 3. The van der Waals surface area contributed by atoms with Crippen molar-refractivity contribution in [3.63, 3.8) is 0 Å². The molecule has 5 fully saturated rings. The first-order valence-corrected chi connectivity index (χ1v) is 9.67. The Hall–Kier alpha value is -2.70. The van der Waals surface area contributed by atoms with Gasteiger partial charge in [-0.25, -0.2) is 23.5 Å². The summed E-state index contributed by atoms with van der Waals surface area (Å²) in [6.07, 6.45) is 0.589. The molecule has 1 aromatic heterocycles. The molecule has 2 unspecified atom stereocenters. The van der Waals surface area contributed by atoms with Crippen LogP contribution < -0.4 is 11.4 Å². The number of carbonyl (C=O) groups is 2. The van der Waals surface area contributed by atoms with E-state index in [1.165, 1.54) is 4.57 Å². The standard InChI is InChI=1S/C20H15N3O4/c24-9-6-7-10(25)20-14-11-12-13(11)16(20)23-18(27)21(8-4-2-1-3-5-8)17(26)22(23)15(12)19(9,14)20/h1-5,11-16H,6-7H2/t11?,12-,13+,14?,15-,16-,19+,20-/m1/s1. The summed E-state index contributed by atoms with van der Waals surface area (Å²) in [6, 6.07) is 8.30. The molecule has 2 aliphatic heterocycles. The number of hydrogen-bond donors (Lipinski definition) is 0. The van der Waals surface area contributed by atoms with Crippen molar-refractivity contribution in [2.75, 3.05) is 0 Å². The first-order valence-electron chi connectivity index (χ1n) is 9.67. The van der Waals surface area contributed by atoms with E-state index in [2.05, 4.69) is 0 Å². The Morgan fingerprint density at radius 2 is 1.26 bits per heavy atom. The van der Waals surface area contributed by atoms with Crippen LogP contribution in [0.15, 0.2) is 39.9 Å². The summed E-state index contributed by atoms with van der Waals surface area (Å²) in [7, 11) is 0. The van der Waals surface area contributed by atoms with Gasteiger partial charge in [-0.1, -0.05) is 18.2 Å². The van der Waals surface area contributed by atoms with E-state index in [9.17, 15) is 19.2 Å². The van der Waals surface area contributed by atoms with Crippen LogP contribution in [0.1, 0.15) is 24.9 Å². The lowest BCUT2D eigenvalue weighted by Gasteiger charge is -2.48. The van der Waals surface area contributed by atoms with Gasteiger partial charge in [0.2, 0.25) is 0 Å². The molecular formula is C20H15N3O4. The topological polar surface area (TPSA) is 83.1 Å². The van der Waals surface area contributed by atoms with E-state index in [0.29, 0.717) is 36.3 Å². The maximum atomic E-state index is 13.3. The minimum absolute atomic E-state index is 0.0777. The zero-order valence-electron chi connectivity index (χ0n) is 14.2. The number of nitrogens with zero attached hydrogens (tertiary/aromatic N) is 3. The molecule has 2 aromatic rings. The van der Waals surface area contributed by atoms with Crippen molar-refractivity contribution in [1.29, 1.82) is 0 Å². The quantitative estimate of drug-likeness (QED) is 0.732. The Balaban J connectivity index is 1.50. The molecule has 0 amide bonds. The third-order valence-electron chi connectivity index (χ3n) is 8.87. The maximum Gasteiger partial charge on any atom is 0.352 e. The molecule has 0 radical (unpaired) electrons. The fraction of sp³-hybridized carbons (Fsp3) is 0.500. The summed E-state index contributed by atoms with van der Waals surface area (Å²) in [5.41, 5.74) is -1.57. The minimum Gasteiger partial charge on any atom is -0.299 e.